The van der Waals surface area contributed by atoms with Crippen LogP contribution in [0, 0.1) is 0 Å². The molecule has 0 saturated heterocycles. The first kappa shape index (κ1) is 12.6. The summed E-state index contributed by atoms with van der Waals surface area (Å²) in [4.78, 5) is 12.4. The van der Waals surface area contributed by atoms with E-state index in [1.807, 2.05) is 36.4 Å². The van der Waals surface area contributed by atoms with Crippen molar-refractivity contribution in [1.29, 1.82) is 0 Å². The lowest BCUT2D eigenvalue weighted by Gasteiger charge is -2.00. The Morgan fingerprint density at radius 2 is 1.76 bits per heavy atom. The van der Waals surface area contributed by atoms with Gasteiger partial charge in [0, 0.05) is 11.8 Å². The Hall–Kier alpha value is -2.17. The van der Waals surface area contributed by atoms with Crippen LogP contribution in [-0.4, -0.2) is 15.0 Å². The van der Waals surface area contributed by atoms with Crippen molar-refractivity contribution in [2.45, 2.75) is 0 Å². The van der Waals surface area contributed by atoms with Crippen LogP contribution in [0.3, 0.4) is 0 Å². The van der Waals surface area contributed by atoms with Gasteiger partial charge in [-0.25, -0.2) is 15.0 Å². The molecular weight excluding hydrogens is 309 g/mol. The standard InChI is InChI=1S/C15H7Cl2N3O/c16-13-12-11(19-15(17)20-13)10-6-9(7-18-14(10)21-12)8-4-2-1-3-5-8/h1-7H. The van der Waals surface area contributed by atoms with Crippen molar-refractivity contribution in [2.75, 3.05) is 0 Å². The number of benzene rings is 1. The SMILES string of the molecule is Clc1nc(Cl)c2oc3ncc(-c4ccccc4)cc3c2n1. The maximum Gasteiger partial charge on any atom is 0.229 e. The molecule has 1 aromatic carbocycles. The second-order valence-corrected chi connectivity index (χ2v) is 5.20. The van der Waals surface area contributed by atoms with Crippen molar-refractivity contribution in [3.63, 3.8) is 0 Å². The molecule has 3 aromatic heterocycles. The Bertz CT molecular complexity index is 967. The van der Waals surface area contributed by atoms with E-state index < -0.39 is 0 Å². The Morgan fingerprint density at radius 1 is 0.952 bits per heavy atom. The molecule has 0 aliphatic rings. The number of halogens is 2. The molecule has 0 fully saturated rings. The second-order valence-electron chi connectivity index (χ2n) is 4.51. The Kier molecular flexibility index (Phi) is 2.80. The van der Waals surface area contributed by atoms with Gasteiger partial charge in [0.25, 0.3) is 0 Å². The summed E-state index contributed by atoms with van der Waals surface area (Å²) in [7, 11) is 0. The minimum Gasteiger partial charge on any atom is -0.433 e. The normalized spacial score (nSPS) is 11.3. The molecule has 3 heterocycles. The first-order valence-corrected chi connectivity index (χ1v) is 6.95. The van der Waals surface area contributed by atoms with Crippen molar-refractivity contribution in [3.05, 3.63) is 53.0 Å². The zero-order chi connectivity index (χ0) is 14.4. The number of pyridine rings is 1. The number of hydrogen-bond acceptors (Lipinski definition) is 4. The van der Waals surface area contributed by atoms with Crippen LogP contribution in [0.25, 0.3) is 33.3 Å². The van der Waals surface area contributed by atoms with Gasteiger partial charge in [0.15, 0.2) is 10.7 Å². The lowest BCUT2D eigenvalue weighted by molar-refractivity contribution is 0.651. The molecule has 21 heavy (non-hydrogen) atoms. The third kappa shape index (κ3) is 2.04. The minimum absolute atomic E-state index is 0.0836. The molecule has 0 radical (unpaired) electrons. The van der Waals surface area contributed by atoms with Gasteiger partial charge in [0.2, 0.25) is 11.0 Å². The molecule has 0 bridgehead atoms. The van der Waals surface area contributed by atoms with Crippen LogP contribution in [0.15, 0.2) is 47.0 Å². The van der Waals surface area contributed by atoms with E-state index in [0.29, 0.717) is 16.8 Å². The van der Waals surface area contributed by atoms with Gasteiger partial charge >= 0.3 is 0 Å². The van der Waals surface area contributed by atoms with E-state index in [1.165, 1.54) is 0 Å². The largest absolute Gasteiger partial charge is 0.433 e. The highest BCUT2D eigenvalue weighted by Gasteiger charge is 2.15. The van der Waals surface area contributed by atoms with Gasteiger partial charge in [-0.1, -0.05) is 41.9 Å². The summed E-state index contributed by atoms with van der Waals surface area (Å²) in [6.45, 7) is 0. The van der Waals surface area contributed by atoms with E-state index in [-0.39, 0.29) is 10.4 Å². The number of fused-ring (bicyclic) bond motifs is 3. The molecule has 4 nitrogen and oxygen atoms in total. The summed E-state index contributed by atoms with van der Waals surface area (Å²) < 4.78 is 5.60. The summed E-state index contributed by atoms with van der Waals surface area (Å²) in [5, 5.41) is 1.03. The Labute approximate surface area is 129 Å². The van der Waals surface area contributed by atoms with Crippen LogP contribution >= 0.6 is 23.2 Å². The van der Waals surface area contributed by atoms with Crippen LogP contribution in [0.1, 0.15) is 0 Å². The van der Waals surface area contributed by atoms with E-state index in [4.69, 9.17) is 27.6 Å². The predicted molar refractivity (Wildman–Crippen MR) is 82.6 cm³/mol. The molecule has 0 spiro atoms. The van der Waals surface area contributed by atoms with E-state index >= 15 is 0 Å². The lowest BCUT2D eigenvalue weighted by Crippen LogP contribution is -1.84. The highest BCUT2D eigenvalue weighted by molar-refractivity contribution is 6.36. The maximum absolute atomic E-state index is 6.03. The number of nitrogens with zero attached hydrogens (tertiary/aromatic N) is 3. The van der Waals surface area contributed by atoms with E-state index in [2.05, 4.69) is 15.0 Å². The monoisotopic (exact) mass is 315 g/mol. The second kappa shape index (κ2) is 4.69. The Balaban J connectivity index is 2.05. The first-order chi connectivity index (χ1) is 10.2. The molecule has 4 aromatic rings. The minimum atomic E-state index is 0.0836. The van der Waals surface area contributed by atoms with Crippen molar-refractivity contribution in [2.24, 2.45) is 0 Å². The molecule has 0 atom stereocenters. The van der Waals surface area contributed by atoms with E-state index in [0.717, 1.165) is 16.5 Å². The maximum atomic E-state index is 6.03. The summed E-state index contributed by atoms with van der Waals surface area (Å²) >= 11 is 11.9. The predicted octanol–water partition coefficient (Wildman–Crippen LogP) is 4.74. The molecular formula is C15H7Cl2N3O. The first-order valence-electron chi connectivity index (χ1n) is 6.19. The number of hydrogen-bond donors (Lipinski definition) is 0. The summed E-state index contributed by atoms with van der Waals surface area (Å²) in [6.07, 6.45) is 1.75. The van der Waals surface area contributed by atoms with E-state index in [1.54, 1.807) is 6.20 Å². The third-order valence-electron chi connectivity index (χ3n) is 3.21. The molecule has 0 saturated carbocycles. The van der Waals surface area contributed by atoms with Crippen LogP contribution in [0.5, 0.6) is 0 Å². The highest BCUT2D eigenvalue weighted by Crippen LogP contribution is 2.33. The van der Waals surface area contributed by atoms with Crippen molar-refractivity contribution in [1.82, 2.24) is 15.0 Å². The van der Waals surface area contributed by atoms with Crippen molar-refractivity contribution >= 4 is 45.4 Å². The number of furan rings is 1. The fourth-order valence-corrected chi connectivity index (χ4v) is 2.68. The molecule has 0 unspecified atom stereocenters. The van der Waals surface area contributed by atoms with Gasteiger partial charge in [0.05, 0.1) is 5.39 Å². The number of rotatable bonds is 1. The van der Waals surface area contributed by atoms with Gasteiger partial charge < -0.3 is 4.42 Å². The van der Waals surface area contributed by atoms with Gasteiger partial charge in [-0.2, -0.15) is 0 Å². The third-order valence-corrected chi connectivity index (χ3v) is 3.63. The highest BCUT2D eigenvalue weighted by atomic mass is 35.5. The molecule has 6 heteroatoms. The fourth-order valence-electron chi connectivity index (χ4n) is 2.26. The van der Waals surface area contributed by atoms with Crippen molar-refractivity contribution < 1.29 is 4.42 Å². The zero-order valence-corrected chi connectivity index (χ0v) is 12.1. The molecule has 0 aliphatic carbocycles. The number of aromatic nitrogens is 3. The zero-order valence-electron chi connectivity index (χ0n) is 10.5. The summed E-state index contributed by atoms with van der Waals surface area (Å²) in [6, 6.07) is 11.9. The smallest absolute Gasteiger partial charge is 0.229 e. The topological polar surface area (TPSA) is 51.8 Å². The molecule has 4 rings (SSSR count). The molecule has 102 valence electrons. The Morgan fingerprint density at radius 3 is 2.57 bits per heavy atom. The average Bonchev–Trinajstić information content (AvgIpc) is 2.86. The van der Waals surface area contributed by atoms with Gasteiger partial charge in [-0.15, -0.1) is 0 Å². The van der Waals surface area contributed by atoms with Crippen LogP contribution in [-0.2, 0) is 0 Å². The molecule has 0 aliphatic heterocycles. The lowest BCUT2D eigenvalue weighted by atomic mass is 10.1. The van der Waals surface area contributed by atoms with Gasteiger partial charge in [0.1, 0.15) is 5.52 Å². The van der Waals surface area contributed by atoms with E-state index in [9.17, 15) is 0 Å². The van der Waals surface area contributed by atoms with Crippen LogP contribution < -0.4 is 0 Å². The molecule has 0 N–H and O–H groups in total. The van der Waals surface area contributed by atoms with Gasteiger partial charge in [-0.3, -0.25) is 0 Å². The quantitative estimate of drug-likeness (QED) is 0.376. The van der Waals surface area contributed by atoms with Crippen LogP contribution in [0.2, 0.25) is 10.4 Å². The fraction of sp³-hybridized carbons (Fsp3) is 0. The summed E-state index contributed by atoms with van der Waals surface area (Å²) in [5.41, 5.74) is 3.46. The van der Waals surface area contributed by atoms with Crippen molar-refractivity contribution in [3.8, 4) is 11.1 Å². The average molecular weight is 316 g/mol. The summed E-state index contributed by atoms with van der Waals surface area (Å²) in [5.74, 6) is 0. The van der Waals surface area contributed by atoms with Gasteiger partial charge in [-0.05, 0) is 23.2 Å². The molecule has 0 amide bonds. The van der Waals surface area contributed by atoms with Crippen LogP contribution in [0.4, 0.5) is 0 Å².